The van der Waals surface area contributed by atoms with Crippen LogP contribution in [0.3, 0.4) is 0 Å². The highest BCUT2D eigenvalue weighted by molar-refractivity contribution is 5.73. The van der Waals surface area contributed by atoms with Crippen molar-refractivity contribution in [3.05, 3.63) is 0 Å². The van der Waals surface area contributed by atoms with Gasteiger partial charge in [-0.2, -0.15) is 0 Å². The van der Waals surface area contributed by atoms with Crippen molar-refractivity contribution in [2.24, 2.45) is 17.8 Å². The molecule has 2 amide bonds. The van der Waals surface area contributed by atoms with E-state index in [1.54, 1.807) is 0 Å². The smallest absolute Gasteiger partial charge is 0.314 e. The van der Waals surface area contributed by atoms with E-state index in [0.29, 0.717) is 18.4 Å². The van der Waals surface area contributed by atoms with Gasteiger partial charge in [0, 0.05) is 19.7 Å². The van der Waals surface area contributed by atoms with Gasteiger partial charge in [-0.05, 0) is 30.6 Å². The molecule has 0 aromatic heterocycles. The van der Waals surface area contributed by atoms with Gasteiger partial charge < -0.3 is 20.5 Å². The van der Waals surface area contributed by atoms with Gasteiger partial charge in [0.2, 0.25) is 0 Å². The predicted octanol–water partition coefficient (Wildman–Crippen LogP) is 2.15. The van der Waals surface area contributed by atoms with Crippen LogP contribution in [0.5, 0.6) is 0 Å². The predicted molar refractivity (Wildman–Crippen MR) is 84.2 cm³/mol. The highest BCUT2D eigenvalue weighted by Gasteiger charge is 2.19. The fraction of sp³-hybridized carbons (Fsp3) is 0.938. The van der Waals surface area contributed by atoms with Crippen LogP contribution in [-0.2, 0) is 4.74 Å². The molecule has 0 radical (unpaired) electrons. The van der Waals surface area contributed by atoms with Crippen molar-refractivity contribution in [3.63, 3.8) is 0 Å². The third-order valence-corrected chi connectivity index (χ3v) is 3.86. The lowest BCUT2D eigenvalue weighted by Crippen LogP contribution is -2.43. The first-order chi connectivity index (χ1) is 9.97. The van der Waals surface area contributed by atoms with Gasteiger partial charge in [0.15, 0.2) is 0 Å². The summed E-state index contributed by atoms with van der Waals surface area (Å²) in [7, 11) is 0. The summed E-state index contributed by atoms with van der Waals surface area (Å²) in [5.41, 5.74) is 0. The van der Waals surface area contributed by atoms with E-state index in [1.807, 2.05) is 0 Å². The van der Waals surface area contributed by atoms with E-state index in [4.69, 9.17) is 4.74 Å². The molecule has 3 unspecified atom stereocenters. The van der Waals surface area contributed by atoms with Crippen LogP contribution >= 0.6 is 0 Å². The van der Waals surface area contributed by atoms with E-state index in [2.05, 4.69) is 31.4 Å². The molecule has 124 valence electrons. The minimum absolute atomic E-state index is 0.198. The zero-order valence-electron chi connectivity index (χ0n) is 13.7. The molecule has 0 aromatic carbocycles. The number of ether oxygens (including phenoxy) is 1. The molecule has 5 heteroatoms. The van der Waals surface area contributed by atoms with Crippen LogP contribution in [0.15, 0.2) is 0 Å². The van der Waals surface area contributed by atoms with Crippen molar-refractivity contribution in [3.8, 4) is 0 Å². The summed E-state index contributed by atoms with van der Waals surface area (Å²) in [6.07, 6.45) is 4.33. The van der Waals surface area contributed by atoms with E-state index >= 15 is 0 Å². The molecule has 0 spiro atoms. The molecule has 1 aliphatic rings. The third kappa shape index (κ3) is 8.94. The number of hydrogen-bond acceptors (Lipinski definition) is 3. The number of nitrogens with one attached hydrogen (secondary N) is 2. The topological polar surface area (TPSA) is 70.6 Å². The molecule has 1 rings (SSSR count). The molecule has 1 fully saturated rings. The number of carbonyl (C=O) groups is 1. The highest BCUT2D eigenvalue weighted by atomic mass is 16.5. The van der Waals surface area contributed by atoms with Gasteiger partial charge in [-0.15, -0.1) is 0 Å². The maximum Gasteiger partial charge on any atom is 0.314 e. The Bertz CT molecular complexity index is 297. The Morgan fingerprint density at radius 3 is 2.71 bits per heavy atom. The number of aliphatic hydroxyl groups excluding tert-OH is 1. The van der Waals surface area contributed by atoms with Gasteiger partial charge in [-0.1, -0.05) is 33.6 Å². The number of hydrogen-bond donors (Lipinski definition) is 3. The molecule has 0 aliphatic heterocycles. The minimum Gasteiger partial charge on any atom is -0.389 e. The third-order valence-electron chi connectivity index (χ3n) is 3.86. The van der Waals surface area contributed by atoms with Gasteiger partial charge in [0.1, 0.15) is 0 Å². The average Bonchev–Trinajstić information content (AvgIpc) is 2.42. The molecule has 1 saturated carbocycles. The van der Waals surface area contributed by atoms with E-state index in [-0.39, 0.29) is 19.2 Å². The molecule has 3 atom stereocenters. The monoisotopic (exact) mass is 300 g/mol. The molecular weight excluding hydrogens is 268 g/mol. The lowest BCUT2D eigenvalue weighted by molar-refractivity contribution is 0.0272. The Labute approximate surface area is 128 Å². The fourth-order valence-electron chi connectivity index (χ4n) is 2.75. The van der Waals surface area contributed by atoms with Crippen molar-refractivity contribution in [1.82, 2.24) is 10.6 Å². The van der Waals surface area contributed by atoms with Crippen molar-refractivity contribution in [2.45, 2.75) is 52.6 Å². The van der Waals surface area contributed by atoms with Crippen LogP contribution in [0.4, 0.5) is 4.79 Å². The Balaban J connectivity index is 2.05. The second kappa shape index (κ2) is 10.0. The molecule has 0 heterocycles. The van der Waals surface area contributed by atoms with Crippen LogP contribution in [-0.4, -0.2) is 43.5 Å². The summed E-state index contributed by atoms with van der Waals surface area (Å²) in [4.78, 5) is 11.7. The zero-order valence-corrected chi connectivity index (χ0v) is 13.7. The number of urea groups is 1. The molecule has 21 heavy (non-hydrogen) atoms. The summed E-state index contributed by atoms with van der Waals surface area (Å²) >= 11 is 0. The summed E-state index contributed by atoms with van der Waals surface area (Å²) in [5.74, 6) is 1.82. The average molecular weight is 300 g/mol. The first kappa shape index (κ1) is 18.2. The quantitative estimate of drug-likeness (QED) is 0.643. The van der Waals surface area contributed by atoms with Crippen molar-refractivity contribution >= 4 is 6.03 Å². The SMILES string of the molecule is CC(C)COCC(O)CNC(=O)NCC1CCCC(C)C1. The van der Waals surface area contributed by atoms with Crippen LogP contribution in [0, 0.1) is 17.8 Å². The van der Waals surface area contributed by atoms with Gasteiger partial charge in [-0.3, -0.25) is 0 Å². The molecule has 5 nitrogen and oxygen atoms in total. The Hall–Kier alpha value is -0.810. The minimum atomic E-state index is -0.649. The molecule has 1 aliphatic carbocycles. The lowest BCUT2D eigenvalue weighted by Gasteiger charge is -2.26. The number of rotatable bonds is 8. The Morgan fingerprint density at radius 2 is 2.05 bits per heavy atom. The molecule has 0 saturated heterocycles. The van der Waals surface area contributed by atoms with E-state index in [9.17, 15) is 9.90 Å². The second-order valence-corrected chi connectivity index (χ2v) is 6.81. The standard InChI is InChI=1S/C16H32N2O3/c1-12(2)10-21-11-15(19)9-18-16(20)17-8-14-6-4-5-13(3)7-14/h12-15,19H,4-11H2,1-3H3,(H2,17,18,20). The van der Waals surface area contributed by atoms with Crippen LogP contribution in [0.1, 0.15) is 46.5 Å². The van der Waals surface area contributed by atoms with Crippen molar-refractivity contribution < 1.29 is 14.6 Å². The highest BCUT2D eigenvalue weighted by Crippen LogP contribution is 2.27. The second-order valence-electron chi connectivity index (χ2n) is 6.81. The number of carbonyl (C=O) groups excluding carboxylic acids is 1. The van der Waals surface area contributed by atoms with Crippen LogP contribution in [0.25, 0.3) is 0 Å². The van der Waals surface area contributed by atoms with E-state index < -0.39 is 6.10 Å². The maximum atomic E-state index is 11.7. The van der Waals surface area contributed by atoms with E-state index in [1.165, 1.54) is 25.7 Å². The van der Waals surface area contributed by atoms with Gasteiger partial charge >= 0.3 is 6.03 Å². The molecule has 3 N–H and O–H groups in total. The van der Waals surface area contributed by atoms with Gasteiger partial charge in [0.25, 0.3) is 0 Å². The van der Waals surface area contributed by atoms with Gasteiger partial charge in [0.05, 0.1) is 12.7 Å². The number of amides is 2. The Kier molecular flexibility index (Phi) is 8.69. The fourth-order valence-corrected chi connectivity index (χ4v) is 2.75. The maximum absolute atomic E-state index is 11.7. The van der Waals surface area contributed by atoms with Gasteiger partial charge in [-0.25, -0.2) is 4.79 Å². The largest absolute Gasteiger partial charge is 0.389 e. The Morgan fingerprint density at radius 1 is 1.29 bits per heavy atom. The first-order valence-electron chi connectivity index (χ1n) is 8.24. The first-order valence-corrected chi connectivity index (χ1v) is 8.24. The van der Waals surface area contributed by atoms with Crippen molar-refractivity contribution in [1.29, 1.82) is 0 Å². The van der Waals surface area contributed by atoms with Crippen LogP contribution < -0.4 is 10.6 Å². The summed E-state index contributed by atoms with van der Waals surface area (Å²) in [6, 6.07) is -0.198. The van der Waals surface area contributed by atoms with Crippen LogP contribution in [0.2, 0.25) is 0 Å². The summed E-state index contributed by atoms with van der Waals surface area (Å²) in [5, 5.41) is 15.3. The number of aliphatic hydroxyl groups is 1. The summed E-state index contributed by atoms with van der Waals surface area (Å²) in [6.45, 7) is 8.25. The van der Waals surface area contributed by atoms with E-state index in [0.717, 1.165) is 12.5 Å². The molecule has 0 bridgehead atoms. The summed E-state index contributed by atoms with van der Waals surface area (Å²) < 4.78 is 5.33. The lowest BCUT2D eigenvalue weighted by atomic mass is 9.82. The zero-order chi connectivity index (χ0) is 15.7. The van der Waals surface area contributed by atoms with Crippen molar-refractivity contribution in [2.75, 3.05) is 26.3 Å². The molecular formula is C16H32N2O3. The molecule has 0 aromatic rings. The normalized spacial score (nSPS) is 23.9.